The molecule has 3 rings (SSSR count). The van der Waals surface area contributed by atoms with Crippen molar-refractivity contribution in [3.8, 4) is 11.5 Å². The Hall–Kier alpha value is -2.34. The van der Waals surface area contributed by atoms with Gasteiger partial charge in [-0.3, -0.25) is 4.98 Å². The number of ether oxygens (including phenoxy) is 2. The van der Waals surface area contributed by atoms with Crippen LogP contribution in [0.15, 0.2) is 42.7 Å². The van der Waals surface area contributed by atoms with Crippen LogP contribution < -0.4 is 20.1 Å². The molecule has 1 aromatic heterocycles. The van der Waals surface area contributed by atoms with E-state index in [0.29, 0.717) is 5.11 Å². The van der Waals surface area contributed by atoms with Gasteiger partial charge in [0.25, 0.3) is 0 Å². The number of benzene rings is 1. The van der Waals surface area contributed by atoms with Crippen molar-refractivity contribution in [3.63, 3.8) is 0 Å². The lowest BCUT2D eigenvalue weighted by molar-refractivity contribution is 0.350. The van der Waals surface area contributed by atoms with E-state index < -0.39 is 0 Å². The summed E-state index contributed by atoms with van der Waals surface area (Å²) in [6, 6.07) is 9.91. The minimum atomic E-state index is -0.189. The van der Waals surface area contributed by atoms with Crippen molar-refractivity contribution in [2.24, 2.45) is 0 Å². The highest BCUT2D eigenvalue weighted by atomic mass is 32.1. The molecular weight excluding hydrogens is 334 g/mol. The fourth-order valence-electron chi connectivity index (χ4n) is 3.41. The van der Waals surface area contributed by atoms with E-state index in [2.05, 4.69) is 21.7 Å². The first-order valence-electron chi connectivity index (χ1n) is 8.38. The second-order valence-corrected chi connectivity index (χ2v) is 6.59. The van der Waals surface area contributed by atoms with Gasteiger partial charge >= 0.3 is 0 Å². The first-order valence-corrected chi connectivity index (χ1v) is 8.79. The standard InChI is InChI=1S/C19H23N3O2S/c1-23-16-8-7-14(12-17(16)24-2)19(9-3-4-10-19)22-18(25)21-15-6-5-11-20-13-15/h5-8,11-13H,3-4,9-10H2,1-2H3,(H2,21,22,25). The number of rotatable bonds is 5. The molecule has 1 aliphatic rings. The molecule has 2 aromatic rings. The van der Waals surface area contributed by atoms with Gasteiger partial charge in [-0.1, -0.05) is 18.9 Å². The van der Waals surface area contributed by atoms with Gasteiger partial charge in [-0.05, 0) is 54.9 Å². The molecule has 5 nitrogen and oxygen atoms in total. The number of nitrogens with one attached hydrogen (secondary N) is 2. The van der Waals surface area contributed by atoms with Crippen molar-refractivity contribution in [1.29, 1.82) is 0 Å². The molecule has 1 aromatic carbocycles. The number of methoxy groups -OCH3 is 2. The topological polar surface area (TPSA) is 55.4 Å². The monoisotopic (exact) mass is 357 g/mol. The summed E-state index contributed by atoms with van der Waals surface area (Å²) >= 11 is 5.55. The molecule has 0 bridgehead atoms. The maximum atomic E-state index is 5.55. The van der Waals surface area contributed by atoms with Crippen LogP contribution in [0.3, 0.4) is 0 Å². The van der Waals surface area contributed by atoms with Gasteiger partial charge < -0.3 is 20.1 Å². The first-order chi connectivity index (χ1) is 12.2. The molecule has 25 heavy (non-hydrogen) atoms. The van der Waals surface area contributed by atoms with Crippen LogP contribution in [0.1, 0.15) is 31.2 Å². The largest absolute Gasteiger partial charge is 0.493 e. The first kappa shape index (κ1) is 17.5. The van der Waals surface area contributed by atoms with Gasteiger partial charge in [0.05, 0.1) is 31.6 Å². The van der Waals surface area contributed by atoms with E-state index in [9.17, 15) is 0 Å². The number of pyridine rings is 1. The van der Waals surface area contributed by atoms with Crippen LogP contribution in [0.25, 0.3) is 0 Å². The Morgan fingerprint density at radius 1 is 1.12 bits per heavy atom. The highest BCUT2D eigenvalue weighted by Crippen LogP contribution is 2.41. The molecule has 0 saturated heterocycles. The molecule has 6 heteroatoms. The predicted octanol–water partition coefficient (Wildman–Crippen LogP) is 3.85. The maximum Gasteiger partial charge on any atom is 0.171 e. The van der Waals surface area contributed by atoms with Gasteiger partial charge in [-0.2, -0.15) is 0 Å². The summed E-state index contributed by atoms with van der Waals surface area (Å²) < 4.78 is 10.8. The molecule has 1 saturated carbocycles. The van der Waals surface area contributed by atoms with E-state index in [1.807, 2.05) is 24.3 Å². The van der Waals surface area contributed by atoms with Crippen molar-refractivity contribution in [3.05, 3.63) is 48.3 Å². The number of hydrogen-bond acceptors (Lipinski definition) is 4. The van der Waals surface area contributed by atoms with Crippen molar-refractivity contribution in [2.45, 2.75) is 31.2 Å². The molecule has 1 heterocycles. The summed E-state index contributed by atoms with van der Waals surface area (Å²) in [5.41, 5.74) is 1.85. The van der Waals surface area contributed by atoms with Gasteiger partial charge in [0.15, 0.2) is 16.6 Å². The third kappa shape index (κ3) is 3.85. The molecule has 0 amide bonds. The quantitative estimate of drug-likeness (QED) is 0.793. The summed E-state index contributed by atoms with van der Waals surface area (Å²) in [5, 5.41) is 7.36. The zero-order valence-electron chi connectivity index (χ0n) is 14.5. The Morgan fingerprint density at radius 3 is 2.52 bits per heavy atom. The summed E-state index contributed by atoms with van der Waals surface area (Å²) in [5.74, 6) is 1.47. The third-order valence-corrected chi connectivity index (χ3v) is 4.87. The fourth-order valence-corrected chi connectivity index (χ4v) is 3.73. The van der Waals surface area contributed by atoms with E-state index in [1.165, 1.54) is 0 Å². The summed E-state index contributed by atoms with van der Waals surface area (Å²) in [4.78, 5) is 4.11. The van der Waals surface area contributed by atoms with Crippen LogP contribution >= 0.6 is 12.2 Å². The van der Waals surface area contributed by atoms with Crippen LogP contribution in [0, 0.1) is 0 Å². The van der Waals surface area contributed by atoms with E-state index in [1.54, 1.807) is 26.6 Å². The van der Waals surface area contributed by atoms with Crippen LogP contribution in [-0.2, 0) is 5.54 Å². The van der Waals surface area contributed by atoms with Gasteiger partial charge in [0.1, 0.15) is 0 Å². The lowest BCUT2D eigenvalue weighted by Crippen LogP contribution is -2.45. The summed E-state index contributed by atoms with van der Waals surface area (Å²) in [6.45, 7) is 0. The van der Waals surface area contributed by atoms with Crippen molar-refractivity contribution < 1.29 is 9.47 Å². The Morgan fingerprint density at radius 2 is 1.88 bits per heavy atom. The molecule has 0 aliphatic heterocycles. The number of hydrogen-bond donors (Lipinski definition) is 2. The molecule has 2 N–H and O–H groups in total. The summed E-state index contributed by atoms with van der Waals surface area (Å²) in [7, 11) is 3.30. The lowest BCUT2D eigenvalue weighted by Gasteiger charge is -2.33. The van der Waals surface area contributed by atoms with Crippen molar-refractivity contribution in [2.75, 3.05) is 19.5 Å². The number of thiocarbonyl (C=S) groups is 1. The van der Waals surface area contributed by atoms with Crippen LogP contribution in [0.4, 0.5) is 5.69 Å². The van der Waals surface area contributed by atoms with E-state index in [4.69, 9.17) is 21.7 Å². The Kier molecular flexibility index (Phi) is 5.38. The van der Waals surface area contributed by atoms with E-state index in [-0.39, 0.29) is 5.54 Å². The average molecular weight is 357 g/mol. The second-order valence-electron chi connectivity index (χ2n) is 6.18. The SMILES string of the molecule is COc1ccc(C2(NC(=S)Nc3cccnc3)CCCC2)cc1OC. The normalized spacial score (nSPS) is 15.4. The fraction of sp³-hybridized carbons (Fsp3) is 0.368. The Labute approximate surface area is 153 Å². The molecular formula is C19H23N3O2S. The van der Waals surface area contributed by atoms with Crippen molar-refractivity contribution in [1.82, 2.24) is 10.3 Å². The second kappa shape index (κ2) is 7.70. The zero-order chi connectivity index (χ0) is 17.7. The average Bonchev–Trinajstić information content (AvgIpc) is 3.11. The minimum Gasteiger partial charge on any atom is -0.493 e. The van der Waals surface area contributed by atoms with E-state index >= 15 is 0 Å². The zero-order valence-corrected chi connectivity index (χ0v) is 15.4. The predicted molar refractivity (Wildman–Crippen MR) is 103 cm³/mol. The van der Waals surface area contributed by atoms with Gasteiger partial charge in [0, 0.05) is 6.20 Å². The highest BCUT2D eigenvalue weighted by Gasteiger charge is 2.36. The van der Waals surface area contributed by atoms with Gasteiger partial charge in [-0.15, -0.1) is 0 Å². The van der Waals surface area contributed by atoms with Crippen LogP contribution in [0.5, 0.6) is 11.5 Å². The molecule has 1 fully saturated rings. The summed E-state index contributed by atoms with van der Waals surface area (Å²) in [6.07, 6.45) is 7.87. The maximum absolute atomic E-state index is 5.55. The molecule has 132 valence electrons. The smallest absolute Gasteiger partial charge is 0.171 e. The lowest BCUT2D eigenvalue weighted by atomic mass is 9.88. The Bertz CT molecular complexity index is 731. The van der Waals surface area contributed by atoms with Crippen LogP contribution in [0.2, 0.25) is 0 Å². The Balaban J connectivity index is 1.83. The van der Waals surface area contributed by atoms with Crippen molar-refractivity contribution >= 4 is 23.0 Å². The molecule has 0 spiro atoms. The molecule has 0 atom stereocenters. The van der Waals surface area contributed by atoms with Gasteiger partial charge in [-0.25, -0.2) is 0 Å². The number of aromatic nitrogens is 1. The van der Waals surface area contributed by atoms with Crippen LogP contribution in [-0.4, -0.2) is 24.3 Å². The highest BCUT2D eigenvalue weighted by molar-refractivity contribution is 7.80. The third-order valence-electron chi connectivity index (χ3n) is 4.67. The molecule has 0 unspecified atom stereocenters. The molecule has 0 radical (unpaired) electrons. The van der Waals surface area contributed by atoms with E-state index in [0.717, 1.165) is 48.4 Å². The minimum absolute atomic E-state index is 0.189. The number of anilines is 1. The number of nitrogens with zero attached hydrogens (tertiary/aromatic N) is 1. The molecule has 1 aliphatic carbocycles. The van der Waals surface area contributed by atoms with Gasteiger partial charge in [0.2, 0.25) is 0 Å².